The van der Waals surface area contributed by atoms with E-state index in [-0.39, 0.29) is 0 Å². The Morgan fingerprint density at radius 2 is 1.79 bits per heavy atom. The van der Waals surface area contributed by atoms with E-state index in [1.165, 1.54) is 22.3 Å². The predicted molar refractivity (Wildman–Crippen MR) is 79.7 cm³/mol. The van der Waals surface area contributed by atoms with Gasteiger partial charge in [-0.05, 0) is 42.2 Å². The molecule has 0 aromatic heterocycles. The number of nitrogens with two attached hydrogens (primary N) is 1. The van der Waals surface area contributed by atoms with Gasteiger partial charge in [0.25, 0.3) is 0 Å². The Hall–Kier alpha value is -1.80. The Balaban J connectivity index is 2.20. The fourth-order valence-electron chi connectivity index (χ4n) is 2.09. The molecule has 2 rings (SSSR count). The molecule has 0 aliphatic carbocycles. The molecule has 0 bridgehead atoms. The molecule has 19 heavy (non-hydrogen) atoms. The molecular formula is C17H21NO. The minimum atomic E-state index is 0.540. The fourth-order valence-corrected chi connectivity index (χ4v) is 2.09. The van der Waals surface area contributed by atoms with Crippen molar-refractivity contribution in [3.8, 4) is 5.75 Å². The normalized spacial score (nSPS) is 10.5. The number of benzene rings is 2. The zero-order valence-corrected chi connectivity index (χ0v) is 11.6. The van der Waals surface area contributed by atoms with E-state index in [0.29, 0.717) is 13.2 Å². The van der Waals surface area contributed by atoms with E-state index in [1.54, 1.807) is 0 Å². The first kappa shape index (κ1) is 13.6. The molecule has 2 nitrogen and oxygen atoms in total. The fraction of sp³-hybridized carbons (Fsp3) is 0.294. The highest BCUT2D eigenvalue weighted by atomic mass is 16.5. The number of hydrogen-bond acceptors (Lipinski definition) is 2. The number of para-hydroxylation sites is 1. The summed E-state index contributed by atoms with van der Waals surface area (Å²) in [5.74, 6) is 0.936. The van der Waals surface area contributed by atoms with Gasteiger partial charge in [-0.25, -0.2) is 0 Å². The van der Waals surface area contributed by atoms with Gasteiger partial charge >= 0.3 is 0 Å². The molecule has 0 saturated carbocycles. The van der Waals surface area contributed by atoms with Gasteiger partial charge in [0.05, 0.1) is 0 Å². The summed E-state index contributed by atoms with van der Waals surface area (Å²) < 4.78 is 5.69. The summed E-state index contributed by atoms with van der Waals surface area (Å²) in [5.41, 5.74) is 10.7. The first-order chi connectivity index (χ1) is 9.20. The molecule has 0 radical (unpaired) electrons. The average Bonchev–Trinajstić information content (AvgIpc) is 2.42. The van der Waals surface area contributed by atoms with Crippen LogP contribution in [-0.2, 0) is 6.42 Å². The van der Waals surface area contributed by atoms with Crippen molar-refractivity contribution in [2.24, 2.45) is 5.73 Å². The number of aryl methyl sites for hydroxylation is 2. The molecule has 2 N–H and O–H groups in total. The highest BCUT2D eigenvalue weighted by Crippen LogP contribution is 2.22. The SMILES string of the molecule is Cc1ccc(Cc2ccccc2OCCN)cc1C. The van der Waals surface area contributed by atoms with Crippen molar-refractivity contribution >= 4 is 0 Å². The van der Waals surface area contributed by atoms with E-state index in [2.05, 4.69) is 38.1 Å². The summed E-state index contributed by atoms with van der Waals surface area (Å²) in [5, 5.41) is 0. The second kappa shape index (κ2) is 6.39. The Bertz CT molecular complexity index is 549. The standard InChI is InChI=1S/C17H21NO/c1-13-7-8-15(11-14(13)2)12-16-5-3-4-6-17(16)19-10-9-18/h3-8,11H,9-10,12,18H2,1-2H3. The lowest BCUT2D eigenvalue weighted by atomic mass is 10.00. The van der Waals surface area contributed by atoms with E-state index < -0.39 is 0 Å². The summed E-state index contributed by atoms with van der Waals surface area (Å²) in [6, 6.07) is 14.8. The predicted octanol–water partition coefficient (Wildman–Crippen LogP) is 3.23. The molecule has 0 amide bonds. The third-order valence-electron chi connectivity index (χ3n) is 3.31. The van der Waals surface area contributed by atoms with Crippen molar-refractivity contribution in [3.05, 3.63) is 64.7 Å². The van der Waals surface area contributed by atoms with Crippen LogP contribution in [0.5, 0.6) is 5.75 Å². The summed E-state index contributed by atoms with van der Waals surface area (Å²) in [4.78, 5) is 0. The van der Waals surface area contributed by atoms with Gasteiger partial charge in [0, 0.05) is 13.0 Å². The van der Waals surface area contributed by atoms with E-state index in [4.69, 9.17) is 10.5 Å². The van der Waals surface area contributed by atoms with E-state index >= 15 is 0 Å². The van der Waals surface area contributed by atoms with Gasteiger partial charge in [0.2, 0.25) is 0 Å². The summed E-state index contributed by atoms with van der Waals surface area (Å²) in [6.45, 7) is 5.38. The van der Waals surface area contributed by atoms with Crippen molar-refractivity contribution < 1.29 is 4.74 Å². The summed E-state index contributed by atoms with van der Waals surface area (Å²) in [7, 11) is 0. The molecule has 0 spiro atoms. The van der Waals surface area contributed by atoms with Crippen molar-refractivity contribution in [2.75, 3.05) is 13.2 Å². The maximum absolute atomic E-state index is 5.69. The quantitative estimate of drug-likeness (QED) is 0.890. The lowest BCUT2D eigenvalue weighted by molar-refractivity contribution is 0.325. The summed E-state index contributed by atoms with van der Waals surface area (Å²) in [6.07, 6.45) is 0.891. The topological polar surface area (TPSA) is 35.2 Å². The van der Waals surface area contributed by atoms with Crippen molar-refractivity contribution in [2.45, 2.75) is 20.3 Å². The third kappa shape index (κ3) is 3.58. The van der Waals surface area contributed by atoms with Crippen LogP contribution in [0.2, 0.25) is 0 Å². The van der Waals surface area contributed by atoms with Crippen LogP contribution >= 0.6 is 0 Å². The van der Waals surface area contributed by atoms with Crippen LogP contribution < -0.4 is 10.5 Å². The molecule has 0 atom stereocenters. The van der Waals surface area contributed by atoms with Gasteiger partial charge in [-0.15, -0.1) is 0 Å². The van der Waals surface area contributed by atoms with Crippen LogP contribution in [0.1, 0.15) is 22.3 Å². The maximum Gasteiger partial charge on any atom is 0.122 e. The minimum Gasteiger partial charge on any atom is -0.492 e. The Morgan fingerprint density at radius 3 is 2.53 bits per heavy atom. The summed E-state index contributed by atoms with van der Waals surface area (Å²) >= 11 is 0. The van der Waals surface area contributed by atoms with Crippen LogP contribution in [0.25, 0.3) is 0 Å². The Kier molecular flexibility index (Phi) is 4.58. The molecule has 0 fully saturated rings. The van der Waals surface area contributed by atoms with Crippen LogP contribution in [0.4, 0.5) is 0 Å². The molecule has 0 aliphatic rings. The number of rotatable bonds is 5. The second-order valence-corrected chi connectivity index (χ2v) is 4.84. The van der Waals surface area contributed by atoms with E-state index in [0.717, 1.165) is 12.2 Å². The van der Waals surface area contributed by atoms with Crippen molar-refractivity contribution in [3.63, 3.8) is 0 Å². The van der Waals surface area contributed by atoms with Gasteiger partial charge in [-0.3, -0.25) is 0 Å². The molecule has 0 heterocycles. The lowest BCUT2D eigenvalue weighted by Gasteiger charge is -2.11. The number of ether oxygens (including phenoxy) is 1. The third-order valence-corrected chi connectivity index (χ3v) is 3.31. The van der Waals surface area contributed by atoms with Gasteiger partial charge in [-0.2, -0.15) is 0 Å². The molecule has 2 heteroatoms. The highest BCUT2D eigenvalue weighted by molar-refractivity contribution is 5.39. The Morgan fingerprint density at radius 1 is 1.00 bits per heavy atom. The van der Waals surface area contributed by atoms with Crippen molar-refractivity contribution in [1.29, 1.82) is 0 Å². The molecule has 0 saturated heterocycles. The monoisotopic (exact) mass is 255 g/mol. The van der Waals surface area contributed by atoms with Crippen LogP contribution in [-0.4, -0.2) is 13.2 Å². The van der Waals surface area contributed by atoms with E-state index in [9.17, 15) is 0 Å². The van der Waals surface area contributed by atoms with Crippen LogP contribution in [0.15, 0.2) is 42.5 Å². The van der Waals surface area contributed by atoms with Gasteiger partial charge in [0.15, 0.2) is 0 Å². The Labute approximate surface area is 115 Å². The smallest absolute Gasteiger partial charge is 0.122 e. The molecule has 0 unspecified atom stereocenters. The molecule has 2 aromatic rings. The average molecular weight is 255 g/mol. The largest absolute Gasteiger partial charge is 0.492 e. The molecule has 0 aliphatic heterocycles. The molecule has 100 valence electrons. The van der Waals surface area contributed by atoms with Crippen LogP contribution in [0, 0.1) is 13.8 Å². The lowest BCUT2D eigenvalue weighted by Crippen LogP contribution is -2.11. The minimum absolute atomic E-state index is 0.540. The zero-order chi connectivity index (χ0) is 13.7. The second-order valence-electron chi connectivity index (χ2n) is 4.84. The molecular weight excluding hydrogens is 234 g/mol. The molecule has 2 aromatic carbocycles. The zero-order valence-electron chi connectivity index (χ0n) is 11.6. The van der Waals surface area contributed by atoms with E-state index in [1.807, 2.05) is 18.2 Å². The van der Waals surface area contributed by atoms with Gasteiger partial charge in [0.1, 0.15) is 12.4 Å². The first-order valence-electron chi connectivity index (χ1n) is 6.67. The van der Waals surface area contributed by atoms with Crippen LogP contribution in [0.3, 0.4) is 0 Å². The van der Waals surface area contributed by atoms with Gasteiger partial charge in [-0.1, -0.05) is 36.4 Å². The first-order valence-corrected chi connectivity index (χ1v) is 6.67. The van der Waals surface area contributed by atoms with Gasteiger partial charge < -0.3 is 10.5 Å². The van der Waals surface area contributed by atoms with Crippen molar-refractivity contribution in [1.82, 2.24) is 0 Å². The maximum atomic E-state index is 5.69. The number of hydrogen-bond donors (Lipinski definition) is 1. The highest BCUT2D eigenvalue weighted by Gasteiger charge is 2.04.